The van der Waals surface area contributed by atoms with Gasteiger partial charge in [-0.25, -0.2) is 0 Å². The zero-order chi connectivity index (χ0) is 16.1. The Morgan fingerprint density at radius 2 is 1.86 bits per heavy atom. The number of nitrogens with zero attached hydrogens (tertiary/aromatic N) is 1. The van der Waals surface area contributed by atoms with Crippen molar-refractivity contribution in [2.45, 2.75) is 19.3 Å². The molecule has 0 aliphatic heterocycles. The van der Waals surface area contributed by atoms with E-state index in [2.05, 4.69) is 22.5 Å². The van der Waals surface area contributed by atoms with E-state index < -0.39 is 0 Å². The van der Waals surface area contributed by atoms with Gasteiger partial charge in [0.15, 0.2) is 0 Å². The zero-order valence-corrected chi connectivity index (χ0v) is 14.5. The first kappa shape index (κ1) is 16.5. The number of hydrogen-bond acceptors (Lipinski definition) is 1. The first-order valence-electron chi connectivity index (χ1n) is 7.24. The number of hydrogen-bond donors (Lipinski definition) is 0. The number of halogens is 1. The van der Waals surface area contributed by atoms with Crippen LogP contribution in [-0.2, 0) is 4.79 Å². The largest absolute Gasteiger partial charge is 0.314 e. The molecule has 0 aliphatic rings. The van der Waals surface area contributed by atoms with E-state index in [0.717, 1.165) is 15.7 Å². The Hall–Kier alpha value is -1.87. The summed E-state index contributed by atoms with van der Waals surface area (Å²) in [6.07, 6.45) is 2.42. The van der Waals surface area contributed by atoms with Crippen molar-refractivity contribution in [2.75, 3.05) is 11.9 Å². The number of benzene rings is 2. The standard InChI is InChI=1S/C19H20BrNO/c1-4-7-16(15-12-10-14(2)11-13-15)19(22)21(3)18-9-6-5-8-17(18)20/h4-6,8-13,16H,1,7H2,2-3H3. The number of aryl methyl sites for hydroxylation is 1. The lowest BCUT2D eigenvalue weighted by Crippen LogP contribution is -2.31. The fourth-order valence-electron chi connectivity index (χ4n) is 2.42. The highest BCUT2D eigenvalue weighted by atomic mass is 79.9. The van der Waals surface area contributed by atoms with Crippen molar-refractivity contribution >= 4 is 27.5 Å². The third kappa shape index (κ3) is 3.66. The summed E-state index contributed by atoms with van der Waals surface area (Å²) < 4.78 is 0.909. The number of allylic oxidation sites excluding steroid dienone is 1. The summed E-state index contributed by atoms with van der Waals surface area (Å²) in [6, 6.07) is 15.9. The molecule has 114 valence electrons. The van der Waals surface area contributed by atoms with Crippen molar-refractivity contribution in [3.63, 3.8) is 0 Å². The van der Waals surface area contributed by atoms with Crippen molar-refractivity contribution in [3.05, 3.63) is 76.8 Å². The van der Waals surface area contributed by atoms with Gasteiger partial charge in [-0.1, -0.05) is 48.0 Å². The average Bonchev–Trinajstić information content (AvgIpc) is 2.53. The van der Waals surface area contributed by atoms with E-state index in [1.165, 1.54) is 5.56 Å². The minimum absolute atomic E-state index is 0.0654. The quantitative estimate of drug-likeness (QED) is 0.683. The molecule has 2 aromatic rings. The molecule has 2 nitrogen and oxygen atoms in total. The molecule has 2 rings (SSSR count). The van der Waals surface area contributed by atoms with Crippen LogP contribution in [0.3, 0.4) is 0 Å². The van der Waals surface area contributed by atoms with E-state index >= 15 is 0 Å². The maximum absolute atomic E-state index is 12.9. The van der Waals surface area contributed by atoms with E-state index in [1.54, 1.807) is 11.0 Å². The molecule has 0 N–H and O–H groups in total. The fraction of sp³-hybridized carbons (Fsp3) is 0.211. The van der Waals surface area contributed by atoms with Crippen LogP contribution >= 0.6 is 15.9 Å². The van der Waals surface area contributed by atoms with Crippen LogP contribution in [0.1, 0.15) is 23.5 Å². The molecular formula is C19H20BrNO. The molecule has 0 heterocycles. The molecule has 0 radical (unpaired) electrons. The summed E-state index contributed by atoms with van der Waals surface area (Å²) in [5, 5.41) is 0. The molecule has 0 aliphatic carbocycles. The van der Waals surface area contributed by atoms with Crippen molar-refractivity contribution in [1.82, 2.24) is 0 Å². The van der Waals surface area contributed by atoms with Gasteiger partial charge < -0.3 is 4.90 Å². The molecule has 1 atom stereocenters. The summed E-state index contributed by atoms with van der Waals surface area (Å²) in [7, 11) is 1.81. The topological polar surface area (TPSA) is 20.3 Å². The minimum atomic E-state index is -0.213. The second kappa shape index (κ2) is 7.41. The Labute approximate surface area is 140 Å². The molecule has 0 saturated heterocycles. The lowest BCUT2D eigenvalue weighted by Gasteiger charge is -2.24. The van der Waals surface area contributed by atoms with Gasteiger partial charge >= 0.3 is 0 Å². The Morgan fingerprint density at radius 3 is 2.45 bits per heavy atom. The van der Waals surface area contributed by atoms with Crippen LogP contribution in [-0.4, -0.2) is 13.0 Å². The summed E-state index contributed by atoms with van der Waals surface area (Å²) >= 11 is 3.51. The van der Waals surface area contributed by atoms with Gasteiger partial charge in [0, 0.05) is 11.5 Å². The zero-order valence-electron chi connectivity index (χ0n) is 12.9. The van der Waals surface area contributed by atoms with Crippen molar-refractivity contribution < 1.29 is 4.79 Å². The van der Waals surface area contributed by atoms with Gasteiger partial charge in [-0.2, -0.15) is 0 Å². The molecule has 0 fully saturated rings. The van der Waals surface area contributed by atoms with Gasteiger partial charge in [0.1, 0.15) is 0 Å². The first-order valence-corrected chi connectivity index (χ1v) is 8.03. The predicted octanol–water partition coefficient (Wildman–Crippen LogP) is 5.08. The number of carbonyl (C=O) groups is 1. The van der Waals surface area contributed by atoms with Crippen LogP contribution in [0.4, 0.5) is 5.69 Å². The van der Waals surface area contributed by atoms with Crippen LogP contribution in [0.25, 0.3) is 0 Å². The number of amides is 1. The van der Waals surface area contributed by atoms with Crippen LogP contribution in [0.15, 0.2) is 65.7 Å². The van der Waals surface area contributed by atoms with E-state index in [-0.39, 0.29) is 11.8 Å². The Bertz CT molecular complexity index is 663. The third-order valence-electron chi connectivity index (χ3n) is 3.72. The Morgan fingerprint density at radius 1 is 1.23 bits per heavy atom. The smallest absolute Gasteiger partial charge is 0.234 e. The monoisotopic (exact) mass is 357 g/mol. The second-order valence-corrected chi connectivity index (χ2v) is 6.19. The highest BCUT2D eigenvalue weighted by Gasteiger charge is 2.24. The van der Waals surface area contributed by atoms with Gasteiger partial charge in [0.25, 0.3) is 0 Å². The maximum atomic E-state index is 12.9. The molecule has 2 aromatic carbocycles. The third-order valence-corrected chi connectivity index (χ3v) is 4.40. The number of anilines is 1. The van der Waals surface area contributed by atoms with Crippen molar-refractivity contribution in [3.8, 4) is 0 Å². The molecular weight excluding hydrogens is 338 g/mol. The number of likely N-dealkylation sites (N-methyl/N-ethyl adjacent to an activating group) is 1. The average molecular weight is 358 g/mol. The summed E-state index contributed by atoms with van der Waals surface area (Å²) in [6.45, 7) is 5.84. The van der Waals surface area contributed by atoms with Crippen LogP contribution in [0, 0.1) is 6.92 Å². The van der Waals surface area contributed by atoms with E-state index in [9.17, 15) is 4.79 Å². The molecule has 22 heavy (non-hydrogen) atoms. The van der Waals surface area contributed by atoms with E-state index in [0.29, 0.717) is 6.42 Å². The molecule has 1 unspecified atom stereocenters. The SMILES string of the molecule is C=CCC(C(=O)N(C)c1ccccc1Br)c1ccc(C)cc1. The predicted molar refractivity (Wildman–Crippen MR) is 96.3 cm³/mol. The van der Waals surface area contributed by atoms with E-state index in [1.807, 2.05) is 62.5 Å². The Kier molecular flexibility index (Phi) is 5.56. The second-order valence-electron chi connectivity index (χ2n) is 5.34. The molecule has 0 aromatic heterocycles. The summed E-state index contributed by atoms with van der Waals surface area (Å²) in [5.74, 6) is -0.147. The fourth-order valence-corrected chi connectivity index (χ4v) is 2.97. The molecule has 0 spiro atoms. The maximum Gasteiger partial charge on any atom is 0.234 e. The van der Waals surface area contributed by atoms with Crippen LogP contribution in [0.2, 0.25) is 0 Å². The molecule has 0 saturated carbocycles. The van der Waals surface area contributed by atoms with Crippen LogP contribution in [0.5, 0.6) is 0 Å². The van der Waals surface area contributed by atoms with Crippen LogP contribution < -0.4 is 4.90 Å². The van der Waals surface area contributed by atoms with Gasteiger partial charge in [0.05, 0.1) is 11.6 Å². The lowest BCUT2D eigenvalue weighted by molar-refractivity contribution is -0.119. The molecule has 0 bridgehead atoms. The Balaban J connectivity index is 2.32. The van der Waals surface area contributed by atoms with Gasteiger partial charge in [-0.05, 0) is 47.0 Å². The number of carbonyl (C=O) groups excluding carboxylic acids is 1. The first-order chi connectivity index (χ1) is 10.5. The molecule has 1 amide bonds. The van der Waals surface area contributed by atoms with Gasteiger partial charge in [-0.15, -0.1) is 6.58 Å². The highest BCUT2D eigenvalue weighted by molar-refractivity contribution is 9.10. The van der Waals surface area contributed by atoms with Gasteiger partial charge in [0.2, 0.25) is 5.91 Å². The van der Waals surface area contributed by atoms with Crippen molar-refractivity contribution in [2.24, 2.45) is 0 Å². The lowest BCUT2D eigenvalue weighted by atomic mass is 9.93. The molecule has 3 heteroatoms. The van der Waals surface area contributed by atoms with Gasteiger partial charge in [-0.3, -0.25) is 4.79 Å². The minimum Gasteiger partial charge on any atom is -0.314 e. The summed E-state index contributed by atoms with van der Waals surface area (Å²) in [5.41, 5.74) is 3.08. The normalized spacial score (nSPS) is 11.8. The summed E-state index contributed by atoms with van der Waals surface area (Å²) in [4.78, 5) is 14.6. The van der Waals surface area contributed by atoms with E-state index in [4.69, 9.17) is 0 Å². The number of rotatable bonds is 5. The number of para-hydroxylation sites is 1. The van der Waals surface area contributed by atoms with Crippen molar-refractivity contribution in [1.29, 1.82) is 0 Å². The highest BCUT2D eigenvalue weighted by Crippen LogP contribution is 2.29.